The Morgan fingerprint density at radius 1 is 1.03 bits per heavy atom. The predicted octanol–water partition coefficient (Wildman–Crippen LogP) is 3.49. The van der Waals surface area contributed by atoms with E-state index >= 15 is 0 Å². The van der Waals surface area contributed by atoms with E-state index in [9.17, 15) is 23.9 Å². The quantitative estimate of drug-likeness (QED) is 0.346. The maximum atomic E-state index is 14.1. The lowest BCUT2D eigenvalue weighted by Crippen LogP contribution is -2.25. The molecule has 0 atom stereocenters. The van der Waals surface area contributed by atoms with E-state index in [1.165, 1.54) is 16.7 Å². The fraction of sp³-hybridized carbons (Fsp3) is 0.125. The SMILES string of the molecule is Cc1cccc(Cn2cc(Cc3ccccc3F)cc(C(O)=CC(=O)C(=O)O)c2=O)c1. The van der Waals surface area contributed by atoms with Crippen molar-refractivity contribution in [1.82, 2.24) is 4.57 Å². The molecule has 0 fully saturated rings. The predicted molar refractivity (Wildman–Crippen MR) is 113 cm³/mol. The number of rotatable bonds is 7. The van der Waals surface area contributed by atoms with Gasteiger partial charge in [-0.2, -0.15) is 0 Å². The van der Waals surface area contributed by atoms with E-state index in [2.05, 4.69) is 0 Å². The lowest BCUT2D eigenvalue weighted by Gasteiger charge is -2.13. The maximum Gasteiger partial charge on any atom is 0.376 e. The number of nitrogens with zero attached hydrogens (tertiary/aromatic N) is 1. The van der Waals surface area contributed by atoms with Crippen molar-refractivity contribution in [3.05, 3.63) is 111 Å². The number of hydrogen-bond donors (Lipinski definition) is 2. The van der Waals surface area contributed by atoms with Crippen LogP contribution >= 0.6 is 0 Å². The van der Waals surface area contributed by atoms with E-state index in [1.54, 1.807) is 24.4 Å². The van der Waals surface area contributed by atoms with Crippen LogP contribution in [0.4, 0.5) is 4.39 Å². The zero-order valence-corrected chi connectivity index (χ0v) is 16.7. The van der Waals surface area contributed by atoms with Gasteiger partial charge in [-0.15, -0.1) is 0 Å². The van der Waals surface area contributed by atoms with E-state index in [4.69, 9.17) is 5.11 Å². The van der Waals surface area contributed by atoms with Crippen LogP contribution in [-0.2, 0) is 22.6 Å². The number of carboxylic acid groups (broad SMARTS) is 1. The number of aliphatic carboxylic acids is 1. The summed E-state index contributed by atoms with van der Waals surface area (Å²) in [6, 6.07) is 15.0. The molecule has 1 heterocycles. The molecule has 0 amide bonds. The van der Waals surface area contributed by atoms with Gasteiger partial charge in [-0.3, -0.25) is 9.59 Å². The summed E-state index contributed by atoms with van der Waals surface area (Å²) in [7, 11) is 0. The molecule has 0 saturated heterocycles. The number of aliphatic hydroxyl groups excluding tert-OH is 1. The first-order valence-corrected chi connectivity index (χ1v) is 9.45. The Labute approximate surface area is 177 Å². The zero-order valence-electron chi connectivity index (χ0n) is 16.7. The number of ketones is 1. The summed E-state index contributed by atoms with van der Waals surface area (Å²) in [5.74, 6) is -4.29. The lowest BCUT2D eigenvalue weighted by molar-refractivity contribution is -0.146. The molecule has 2 N–H and O–H groups in total. The highest BCUT2D eigenvalue weighted by Gasteiger charge is 2.16. The van der Waals surface area contributed by atoms with Crippen molar-refractivity contribution in [3.63, 3.8) is 0 Å². The summed E-state index contributed by atoms with van der Waals surface area (Å²) in [5, 5.41) is 19.1. The number of hydrogen-bond acceptors (Lipinski definition) is 4. The molecule has 0 radical (unpaired) electrons. The average molecular weight is 421 g/mol. The standard InChI is InChI=1S/C24H20FNO5/c1-15-5-4-6-16(9-15)13-26-14-17(10-18-7-2-3-8-20(18)25)11-19(23(26)29)21(27)12-22(28)24(30)31/h2-9,11-12,14,27H,10,13H2,1H3,(H,30,31). The number of aryl methyl sites for hydroxylation is 1. The summed E-state index contributed by atoms with van der Waals surface area (Å²) in [5.41, 5.74) is 1.89. The van der Waals surface area contributed by atoms with Crippen LogP contribution in [0, 0.1) is 12.7 Å². The van der Waals surface area contributed by atoms with Crippen molar-refractivity contribution in [2.24, 2.45) is 0 Å². The third-order valence-corrected chi connectivity index (χ3v) is 4.69. The maximum absolute atomic E-state index is 14.1. The van der Waals surface area contributed by atoms with Crippen molar-refractivity contribution in [3.8, 4) is 0 Å². The molecule has 1 aromatic heterocycles. The summed E-state index contributed by atoms with van der Waals surface area (Å²) in [4.78, 5) is 35.2. The molecule has 3 rings (SSSR count). The largest absolute Gasteiger partial charge is 0.507 e. The van der Waals surface area contributed by atoms with Crippen LogP contribution in [0.25, 0.3) is 5.76 Å². The Balaban J connectivity index is 2.10. The van der Waals surface area contributed by atoms with Gasteiger partial charge < -0.3 is 14.8 Å². The van der Waals surface area contributed by atoms with Gasteiger partial charge >= 0.3 is 5.97 Å². The highest BCUT2D eigenvalue weighted by atomic mass is 19.1. The van der Waals surface area contributed by atoms with Crippen LogP contribution in [0.1, 0.15) is 27.8 Å². The summed E-state index contributed by atoms with van der Waals surface area (Å²) < 4.78 is 15.5. The molecule has 0 aliphatic rings. The summed E-state index contributed by atoms with van der Waals surface area (Å²) >= 11 is 0. The number of carbonyl (C=O) groups excluding carboxylic acids is 1. The molecular weight excluding hydrogens is 401 g/mol. The fourth-order valence-electron chi connectivity index (χ4n) is 3.23. The Kier molecular flexibility index (Phi) is 6.45. The van der Waals surface area contributed by atoms with Crippen LogP contribution in [-0.4, -0.2) is 26.5 Å². The van der Waals surface area contributed by atoms with E-state index in [0.29, 0.717) is 17.2 Å². The van der Waals surface area contributed by atoms with Crippen molar-refractivity contribution in [2.75, 3.05) is 0 Å². The van der Waals surface area contributed by atoms with Gasteiger partial charge in [0, 0.05) is 18.7 Å². The first kappa shape index (κ1) is 21.7. The van der Waals surface area contributed by atoms with Crippen molar-refractivity contribution >= 4 is 17.5 Å². The molecule has 0 bridgehead atoms. The van der Waals surface area contributed by atoms with Crippen LogP contribution in [0.5, 0.6) is 0 Å². The number of halogens is 1. The Hall–Kier alpha value is -4.00. The second-order valence-corrected chi connectivity index (χ2v) is 7.15. The topological polar surface area (TPSA) is 96.6 Å². The van der Waals surface area contributed by atoms with Gasteiger partial charge in [0.05, 0.1) is 12.1 Å². The van der Waals surface area contributed by atoms with Gasteiger partial charge in [0.15, 0.2) is 0 Å². The molecule has 6 nitrogen and oxygen atoms in total. The second kappa shape index (κ2) is 9.21. The molecule has 0 saturated carbocycles. The van der Waals surface area contributed by atoms with Gasteiger partial charge in [-0.05, 0) is 35.7 Å². The summed E-state index contributed by atoms with van der Waals surface area (Å²) in [6.45, 7) is 2.09. The zero-order chi connectivity index (χ0) is 22.5. The van der Waals surface area contributed by atoms with Crippen molar-refractivity contribution < 1.29 is 24.2 Å². The minimum atomic E-state index is -1.76. The first-order chi connectivity index (χ1) is 14.7. The van der Waals surface area contributed by atoms with Gasteiger partial charge in [-0.25, -0.2) is 9.18 Å². The average Bonchev–Trinajstić information content (AvgIpc) is 2.71. The molecule has 2 aromatic carbocycles. The minimum absolute atomic E-state index is 0.133. The second-order valence-electron chi connectivity index (χ2n) is 7.15. The third kappa shape index (κ3) is 5.33. The van der Waals surface area contributed by atoms with Gasteiger partial charge in [0.25, 0.3) is 11.3 Å². The molecule has 0 aliphatic heterocycles. The van der Waals surface area contributed by atoms with Crippen LogP contribution in [0.15, 0.2) is 71.7 Å². The van der Waals surface area contributed by atoms with Crippen LogP contribution in [0.2, 0.25) is 0 Å². The van der Waals surface area contributed by atoms with Crippen molar-refractivity contribution in [1.29, 1.82) is 0 Å². The number of aliphatic hydroxyl groups is 1. The first-order valence-electron chi connectivity index (χ1n) is 9.45. The van der Waals surface area contributed by atoms with Gasteiger partial charge in [0.1, 0.15) is 11.6 Å². The third-order valence-electron chi connectivity index (χ3n) is 4.69. The Morgan fingerprint density at radius 2 is 1.77 bits per heavy atom. The van der Waals surface area contributed by atoms with E-state index in [1.807, 2.05) is 31.2 Å². The molecule has 7 heteroatoms. The van der Waals surface area contributed by atoms with Crippen LogP contribution < -0.4 is 5.56 Å². The molecule has 3 aromatic rings. The Morgan fingerprint density at radius 3 is 2.45 bits per heavy atom. The molecule has 0 spiro atoms. The number of benzene rings is 2. The van der Waals surface area contributed by atoms with E-state index in [0.717, 1.165) is 11.1 Å². The minimum Gasteiger partial charge on any atom is -0.507 e. The monoisotopic (exact) mass is 421 g/mol. The highest BCUT2D eigenvalue weighted by Crippen LogP contribution is 2.17. The normalized spacial score (nSPS) is 11.4. The van der Waals surface area contributed by atoms with Crippen molar-refractivity contribution in [2.45, 2.75) is 19.9 Å². The molecular formula is C24H20FNO5. The summed E-state index contributed by atoms with van der Waals surface area (Å²) in [6.07, 6.45) is 2.18. The van der Waals surface area contributed by atoms with E-state index in [-0.39, 0.29) is 18.5 Å². The molecule has 31 heavy (non-hydrogen) atoms. The van der Waals surface area contributed by atoms with Gasteiger partial charge in [0.2, 0.25) is 0 Å². The number of aromatic nitrogens is 1. The fourth-order valence-corrected chi connectivity index (χ4v) is 3.23. The number of pyridine rings is 1. The highest BCUT2D eigenvalue weighted by molar-refractivity contribution is 6.38. The van der Waals surface area contributed by atoms with E-state index < -0.39 is 28.9 Å². The van der Waals surface area contributed by atoms with Gasteiger partial charge in [-0.1, -0.05) is 48.0 Å². The molecule has 0 unspecified atom stereocenters. The number of carbonyl (C=O) groups is 2. The lowest BCUT2D eigenvalue weighted by atomic mass is 10.0. The number of carboxylic acids is 1. The molecule has 0 aliphatic carbocycles. The van der Waals surface area contributed by atoms with Crippen LogP contribution in [0.3, 0.4) is 0 Å². The molecule has 158 valence electrons. The smallest absolute Gasteiger partial charge is 0.376 e. The Bertz CT molecular complexity index is 1240.